The molecule has 0 radical (unpaired) electrons. The minimum atomic E-state index is -0.125. The maximum absolute atomic E-state index is 12.5. The number of aromatic nitrogens is 2. The molecule has 4 rings (SSSR count). The first-order chi connectivity index (χ1) is 12.6. The van der Waals surface area contributed by atoms with E-state index in [9.17, 15) is 9.59 Å². The quantitative estimate of drug-likeness (QED) is 0.803. The van der Waals surface area contributed by atoms with Crippen molar-refractivity contribution >= 4 is 17.2 Å². The number of likely N-dealkylation sites (tertiary alicyclic amines) is 1. The topological polar surface area (TPSA) is 58.4 Å². The summed E-state index contributed by atoms with van der Waals surface area (Å²) >= 11 is 1.70. The number of nitrogens with zero attached hydrogens (tertiary/aromatic N) is 4. The molecule has 0 unspecified atom stereocenters. The van der Waals surface area contributed by atoms with Crippen molar-refractivity contribution in [3.8, 4) is 0 Å². The third-order valence-electron chi connectivity index (χ3n) is 5.86. The monoisotopic (exact) mass is 372 g/mol. The van der Waals surface area contributed by atoms with Gasteiger partial charge in [-0.1, -0.05) is 6.07 Å². The Morgan fingerprint density at radius 3 is 2.88 bits per heavy atom. The molecule has 0 aromatic carbocycles. The van der Waals surface area contributed by atoms with Crippen LogP contribution in [-0.4, -0.2) is 51.4 Å². The van der Waals surface area contributed by atoms with E-state index in [4.69, 9.17) is 0 Å². The van der Waals surface area contributed by atoms with Crippen molar-refractivity contribution in [1.29, 1.82) is 0 Å². The molecular weight excluding hydrogens is 348 g/mol. The number of piperidine rings is 1. The molecule has 1 atom stereocenters. The highest BCUT2D eigenvalue weighted by atomic mass is 32.1. The molecule has 1 saturated heterocycles. The summed E-state index contributed by atoms with van der Waals surface area (Å²) in [5.41, 5.74) is 0.243. The van der Waals surface area contributed by atoms with Gasteiger partial charge in [0, 0.05) is 43.0 Å². The molecule has 1 spiro atoms. The van der Waals surface area contributed by atoms with Crippen molar-refractivity contribution in [2.24, 2.45) is 5.41 Å². The van der Waals surface area contributed by atoms with Crippen LogP contribution < -0.4 is 5.56 Å². The second-order valence-electron chi connectivity index (χ2n) is 7.47. The molecule has 2 aromatic heterocycles. The van der Waals surface area contributed by atoms with Gasteiger partial charge in [-0.3, -0.25) is 14.5 Å². The minimum absolute atomic E-state index is 0.0430. The Hall–Kier alpha value is -1.99. The van der Waals surface area contributed by atoms with E-state index in [2.05, 4.69) is 16.9 Å². The molecule has 0 bridgehead atoms. The van der Waals surface area contributed by atoms with Crippen LogP contribution in [0.4, 0.5) is 0 Å². The van der Waals surface area contributed by atoms with Crippen LogP contribution in [0.1, 0.15) is 24.3 Å². The normalized spacial score (nSPS) is 21.3. The Morgan fingerprint density at radius 2 is 2.19 bits per heavy atom. The molecule has 1 amide bonds. The Bertz CT molecular complexity index is 824. The molecule has 3 heterocycles. The summed E-state index contributed by atoms with van der Waals surface area (Å²) in [7, 11) is 2.18. The summed E-state index contributed by atoms with van der Waals surface area (Å²) in [4.78, 5) is 33.0. The first-order valence-electron chi connectivity index (χ1n) is 9.09. The Balaban J connectivity index is 1.30. The van der Waals surface area contributed by atoms with Crippen LogP contribution in [0.25, 0.3) is 0 Å². The first kappa shape index (κ1) is 17.4. The predicted molar refractivity (Wildman–Crippen MR) is 101 cm³/mol. The maximum Gasteiger partial charge on any atom is 0.250 e. The highest BCUT2D eigenvalue weighted by molar-refractivity contribution is 7.09. The van der Waals surface area contributed by atoms with Gasteiger partial charge in [-0.15, -0.1) is 11.3 Å². The second kappa shape index (κ2) is 6.96. The van der Waals surface area contributed by atoms with Gasteiger partial charge in [0.25, 0.3) is 5.56 Å². The van der Waals surface area contributed by atoms with Crippen molar-refractivity contribution in [2.75, 3.05) is 20.1 Å². The number of hydrogen-bond donors (Lipinski definition) is 0. The van der Waals surface area contributed by atoms with Crippen molar-refractivity contribution in [3.63, 3.8) is 0 Å². The fourth-order valence-electron chi connectivity index (χ4n) is 4.18. The Labute approximate surface area is 157 Å². The molecule has 1 aliphatic carbocycles. The van der Waals surface area contributed by atoms with Gasteiger partial charge in [0.15, 0.2) is 0 Å². The first-order valence-corrected chi connectivity index (χ1v) is 9.97. The predicted octanol–water partition coefficient (Wildman–Crippen LogP) is 1.82. The summed E-state index contributed by atoms with van der Waals surface area (Å²) in [6.07, 6.45) is 6.86. The Kier molecular flexibility index (Phi) is 4.67. The van der Waals surface area contributed by atoms with Gasteiger partial charge >= 0.3 is 0 Å². The van der Waals surface area contributed by atoms with E-state index in [0.717, 1.165) is 37.5 Å². The number of pyridine rings is 1. The molecule has 2 aliphatic rings. The molecule has 2 fully saturated rings. The fraction of sp³-hybridized carbons (Fsp3) is 0.526. The Morgan fingerprint density at radius 1 is 1.38 bits per heavy atom. The van der Waals surface area contributed by atoms with Crippen LogP contribution >= 0.6 is 11.3 Å². The average molecular weight is 372 g/mol. The van der Waals surface area contributed by atoms with Gasteiger partial charge in [0.2, 0.25) is 5.91 Å². The zero-order valence-corrected chi connectivity index (χ0v) is 15.8. The van der Waals surface area contributed by atoms with E-state index < -0.39 is 0 Å². The zero-order valence-electron chi connectivity index (χ0n) is 15.0. The van der Waals surface area contributed by atoms with Gasteiger partial charge < -0.3 is 9.47 Å². The van der Waals surface area contributed by atoms with Gasteiger partial charge in [-0.25, -0.2) is 4.98 Å². The molecule has 7 heteroatoms. The van der Waals surface area contributed by atoms with E-state index in [1.165, 1.54) is 17.1 Å². The van der Waals surface area contributed by atoms with E-state index in [1.54, 1.807) is 29.7 Å². The SMILES string of the molecule is CN(Cc1nccs1)[C@H]1CC12CCN(C(=O)Cn1ccccc1=O)CC2. The molecular formula is C19H24N4O2S. The molecule has 138 valence electrons. The van der Waals surface area contributed by atoms with Gasteiger partial charge in [-0.05, 0) is 37.8 Å². The largest absolute Gasteiger partial charge is 0.341 e. The number of carbonyl (C=O) groups is 1. The lowest BCUT2D eigenvalue weighted by atomic mass is 9.92. The van der Waals surface area contributed by atoms with Crippen LogP contribution in [0.2, 0.25) is 0 Å². The van der Waals surface area contributed by atoms with Gasteiger partial charge in [0.05, 0.1) is 6.54 Å². The van der Waals surface area contributed by atoms with E-state index in [1.807, 2.05) is 16.5 Å². The number of rotatable bonds is 5. The van der Waals surface area contributed by atoms with Crippen molar-refractivity contribution in [2.45, 2.75) is 38.4 Å². The summed E-state index contributed by atoms with van der Waals surface area (Å²) in [5.74, 6) is 0.0430. The van der Waals surface area contributed by atoms with Crippen LogP contribution in [0.3, 0.4) is 0 Å². The summed E-state index contributed by atoms with van der Waals surface area (Å²) in [5, 5.41) is 3.18. The molecule has 1 aliphatic heterocycles. The highest BCUT2D eigenvalue weighted by Crippen LogP contribution is 2.56. The number of thiazole rings is 1. The molecule has 6 nitrogen and oxygen atoms in total. The lowest BCUT2D eigenvalue weighted by Gasteiger charge is -2.34. The summed E-state index contributed by atoms with van der Waals surface area (Å²) in [6.45, 7) is 2.63. The number of amides is 1. The van der Waals surface area contributed by atoms with Crippen molar-refractivity contribution in [1.82, 2.24) is 19.4 Å². The minimum Gasteiger partial charge on any atom is -0.341 e. The standard InChI is InChI=1S/C19H24N4O2S/c1-21(13-16-20-7-11-26-16)15-12-19(15)5-9-22(10-6-19)18(25)14-23-8-3-2-4-17(23)24/h2-4,7-8,11,15H,5-6,9-10,12-14H2,1H3/t15-/m0/s1. The van der Waals surface area contributed by atoms with Crippen LogP contribution in [0, 0.1) is 5.41 Å². The second-order valence-corrected chi connectivity index (χ2v) is 8.45. The third kappa shape index (κ3) is 3.46. The molecule has 2 aromatic rings. The maximum atomic E-state index is 12.5. The van der Waals surface area contributed by atoms with Gasteiger partial charge in [0.1, 0.15) is 11.6 Å². The molecule has 0 N–H and O–H groups in total. The summed E-state index contributed by atoms with van der Waals surface area (Å²) in [6, 6.07) is 5.57. The van der Waals surface area contributed by atoms with E-state index >= 15 is 0 Å². The average Bonchev–Trinajstić information content (AvgIpc) is 3.09. The smallest absolute Gasteiger partial charge is 0.250 e. The fourth-order valence-corrected chi connectivity index (χ4v) is 4.86. The van der Waals surface area contributed by atoms with Gasteiger partial charge in [-0.2, -0.15) is 0 Å². The highest BCUT2D eigenvalue weighted by Gasteiger charge is 2.56. The van der Waals surface area contributed by atoms with Crippen molar-refractivity contribution < 1.29 is 4.79 Å². The van der Waals surface area contributed by atoms with Crippen LogP contribution in [0.5, 0.6) is 0 Å². The summed E-state index contributed by atoms with van der Waals surface area (Å²) < 4.78 is 1.48. The van der Waals surface area contributed by atoms with Crippen LogP contribution in [0.15, 0.2) is 40.8 Å². The zero-order chi connectivity index (χ0) is 18.1. The van der Waals surface area contributed by atoms with E-state index in [-0.39, 0.29) is 18.0 Å². The number of carbonyl (C=O) groups excluding carboxylic acids is 1. The van der Waals surface area contributed by atoms with Crippen molar-refractivity contribution in [3.05, 3.63) is 51.3 Å². The lowest BCUT2D eigenvalue weighted by Crippen LogP contribution is -2.43. The third-order valence-corrected chi connectivity index (χ3v) is 6.63. The lowest BCUT2D eigenvalue weighted by molar-refractivity contribution is -0.133. The number of hydrogen-bond acceptors (Lipinski definition) is 5. The molecule has 26 heavy (non-hydrogen) atoms. The van der Waals surface area contributed by atoms with Crippen LogP contribution in [-0.2, 0) is 17.9 Å². The molecule has 1 saturated carbocycles. The van der Waals surface area contributed by atoms with E-state index in [0.29, 0.717) is 11.5 Å².